The zero-order valence-corrected chi connectivity index (χ0v) is 11.6. The third-order valence-corrected chi connectivity index (χ3v) is 3.01. The summed E-state index contributed by atoms with van der Waals surface area (Å²) in [4.78, 5) is 11.8. The fraction of sp³-hybridized carbons (Fsp3) is 0.0625. The molecule has 102 valence electrons. The lowest BCUT2D eigenvalue weighted by Crippen LogP contribution is -2.09. The first kappa shape index (κ1) is 14.3. The number of carbonyl (C=O) groups is 1. The van der Waals surface area contributed by atoms with Crippen molar-refractivity contribution in [1.82, 2.24) is 0 Å². The van der Waals surface area contributed by atoms with E-state index in [1.165, 1.54) is 18.2 Å². The second kappa shape index (κ2) is 6.35. The Balaban J connectivity index is 2.05. The molecule has 0 aliphatic rings. The third-order valence-electron chi connectivity index (χ3n) is 2.75. The van der Waals surface area contributed by atoms with E-state index in [1.54, 1.807) is 43.3 Å². The van der Waals surface area contributed by atoms with Gasteiger partial charge in [0.25, 0.3) is 0 Å². The average molecular weight is 290 g/mol. The highest BCUT2D eigenvalue weighted by atomic mass is 35.5. The first-order valence-corrected chi connectivity index (χ1v) is 6.43. The van der Waals surface area contributed by atoms with Crippen molar-refractivity contribution in [2.45, 2.75) is 6.92 Å². The van der Waals surface area contributed by atoms with Gasteiger partial charge in [0.1, 0.15) is 5.82 Å². The topological polar surface area (TPSA) is 29.1 Å². The van der Waals surface area contributed by atoms with Crippen LogP contribution in [0.1, 0.15) is 11.1 Å². The molecule has 0 atom stereocenters. The summed E-state index contributed by atoms with van der Waals surface area (Å²) in [6, 6.07) is 11.4. The summed E-state index contributed by atoms with van der Waals surface area (Å²) in [7, 11) is 0. The molecule has 2 aromatic carbocycles. The molecule has 0 fully saturated rings. The smallest absolute Gasteiger partial charge is 0.248 e. The molecule has 1 N–H and O–H groups in total. The molecular weight excluding hydrogens is 277 g/mol. The first-order valence-electron chi connectivity index (χ1n) is 6.05. The lowest BCUT2D eigenvalue weighted by atomic mass is 10.2. The molecule has 0 saturated heterocycles. The van der Waals surface area contributed by atoms with Gasteiger partial charge in [-0.3, -0.25) is 4.79 Å². The molecule has 20 heavy (non-hydrogen) atoms. The van der Waals surface area contributed by atoms with Crippen molar-refractivity contribution in [2.24, 2.45) is 0 Å². The summed E-state index contributed by atoms with van der Waals surface area (Å²) in [5.41, 5.74) is 2.14. The van der Waals surface area contributed by atoms with Crippen LogP contribution < -0.4 is 5.32 Å². The molecule has 2 nitrogen and oxygen atoms in total. The van der Waals surface area contributed by atoms with Crippen molar-refractivity contribution in [3.8, 4) is 0 Å². The Morgan fingerprint density at radius 2 is 1.90 bits per heavy atom. The molecule has 1 amide bonds. The normalized spacial score (nSPS) is 10.8. The zero-order chi connectivity index (χ0) is 14.5. The number of hydrogen-bond donors (Lipinski definition) is 1. The van der Waals surface area contributed by atoms with Gasteiger partial charge in [-0.25, -0.2) is 4.39 Å². The van der Waals surface area contributed by atoms with E-state index < -0.39 is 0 Å². The maximum atomic E-state index is 13.1. The highest BCUT2D eigenvalue weighted by molar-refractivity contribution is 6.30. The molecule has 0 aliphatic carbocycles. The van der Waals surface area contributed by atoms with E-state index in [1.807, 2.05) is 0 Å². The molecule has 2 aromatic rings. The van der Waals surface area contributed by atoms with Gasteiger partial charge >= 0.3 is 0 Å². The van der Waals surface area contributed by atoms with Crippen LogP contribution in [0.15, 0.2) is 48.5 Å². The van der Waals surface area contributed by atoms with Crippen molar-refractivity contribution < 1.29 is 9.18 Å². The van der Waals surface area contributed by atoms with Gasteiger partial charge in [0.15, 0.2) is 0 Å². The second-order valence-corrected chi connectivity index (χ2v) is 4.77. The van der Waals surface area contributed by atoms with Crippen molar-refractivity contribution in [2.75, 3.05) is 5.32 Å². The number of aryl methyl sites for hydroxylation is 1. The number of nitrogens with one attached hydrogen (secondary N) is 1. The van der Waals surface area contributed by atoms with Crippen LogP contribution in [-0.4, -0.2) is 5.91 Å². The van der Waals surface area contributed by atoms with E-state index in [0.29, 0.717) is 10.7 Å². The van der Waals surface area contributed by atoms with Crippen LogP contribution >= 0.6 is 11.6 Å². The van der Waals surface area contributed by atoms with Crippen molar-refractivity contribution >= 4 is 29.3 Å². The zero-order valence-electron chi connectivity index (χ0n) is 10.9. The fourth-order valence-electron chi connectivity index (χ4n) is 1.65. The first-order chi connectivity index (χ1) is 9.54. The summed E-state index contributed by atoms with van der Waals surface area (Å²) in [6.07, 6.45) is 3.06. The molecule has 0 saturated carbocycles. The van der Waals surface area contributed by atoms with Gasteiger partial charge in [0.05, 0.1) is 0 Å². The quantitative estimate of drug-likeness (QED) is 0.832. The summed E-state index contributed by atoms with van der Waals surface area (Å²) in [5.74, 6) is -0.693. The Morgan fingerprint density at radius 1 is 1.20 bits per heavy atom. The van der Waals surface area contributed by atoms with Crippen LogP contribution in [0.5, 0.6) is 0 Å². The lowest BCUT2D eigenvalue weighted by molar-refractivity contribution is -0.111. The number of halogens is 2. The van der Waals surface area contributed by atoms with Gasteiger partial charge in [-0.05, 0) is 48.4 Å². The Labute approximate surface area is 121 Å². The minimum atomic E-state index is -0.382. The Hall–Kier alpha value is -2.13. The van der Waals surface area contributed by atoms with Crippen LogP contribution in [0.2, 0.25) is 5.02 Å². The van der Waals surface area contributed by atoms with Gasteiger partial charge in [-0.2, -0.15) is 0 Å². The van der Waals surface area contributed by atoms with Crippen molar-refractivity contribution in [3.05, 3.63) is 70.5 Å². The largest absolute Gasteiger partial charge is 0.322 e. The van der Waals surface area contributed by atoms with Crippen LogP contribution in [-0.2, 0) is 4.79 Å². The molecule has 2 rings (SSSR count). The van der Waals surface area contributed by atoms with Crippen LogP contribution in [0, 0.1) is 12.7 Å². The van der Waals surface area contributed by atoms with E-state index >= 15 is 0 Å². The van der Waals surface area contributed by atoms with E-state index in [9.17, 15) is 9.18 Å². The highest BCUT2D eigenvalue weighted by Gasteiger charge is 2.03. The Bertz CT molecular complexity index is 650. The van der Waals surface area contributed by atoms with Crippen molar-refractivity contribution in [3.63, 3.8) is 0 Å². The molecule has 0 unspecified atom stereocenters. The standard InChI is InChI=1S/C16H13ClFNO/c1-11-2-8-14(18)10-15(11)19-16(20)9-5-12-3-6-13(17)7-4-12/h2-10H,1H3,(H,19,20). The average Bonchev–Trinajstić information content (AvgIpc) is 2.42. The number of hydrogen-bond acceptors (Lipinski definition) is 1. The van der Waals surface area contributed by atoms with Crippen molar-refractivity contribution in [1.29, 1.82) is 0 Å². The second-order valence-electron chi connectivity index (χ2n) is 4.33. The van der Waals surface area contributed by atoms with Crippen LogP contribution in [0.4, 0.5) is 10.1 Å². The molecule has 0 bridgehead atoms. The Morgan fingerprint density at radius 3 is 2.60 bits per heavy atom. The highest BCUT2D eigenvalue weighted by Crippen LogP contribution is 2.16. The van der Waals surface area contributed by atoms with Gasteiger partial charge in [0.2, 0.25) is 5.91 Å². The predicted molar refractivity (Wildman–Crippen MR) is 80.3 cm³/mol. The van der Waals surface area contributed by atoms with Crippen LogP contribution in [0.3, 0.4) is 0 Å². The molecule has 4 heteroatoms. The molecule has 0 aliphatic heterocycles. The molecule has 0 heterocycles. The lowest BCUT2D eigenvalue weighted by Gasteiger charge is -2.06. The summed E-state index contributed by atoms with van der Waals surface area (Å²) in [5, 5.41) is 3.28. The molecule has 0 radical (unpaired) electrons. The van der Waals surface area contributed by atoms with E-state index in [0.717, 1.165) is 11.1 Å². The molecule has 0 spiro atoms. The van der Waals surface area contributed by atoms with E-state index in [2.05, 4.69) is 5.32 Å². The number of rotatable bonds is 3. The number of carbonyl (C=O) groups excluding carboxylic acids is 1. The minimum Gasteiger partial charge on any atom is -0.322 e. The van der Waals surface area contributed by atoms with Gasteiger partial charge < -0.3 is 5.32 Å². The van der Waals surface area contributed by atoms with Gasteiger partial charge in [-0.15, -0.1) is 0 Å². The van der Waals surface area contributed by atoms with Crippen LogP contribution in [0.25, 0.3) is 6.08 Å². The maximum absolute atomic E-state index is 13.1. The SMILES string of the molecule is Cc1ccc(F)cc1NC(=O)C=Cc1ccc(Cl)cc1. The van der Waals surface area contributed by atoms with Gasteiger partial charge in [-0.1, -0.05) is 29.8 Å². The summed E-state index contributed by atoms with van der Waals surface area (Å²) >= 11 is 5.78. The summed E-state index contributed by atoms with van der Waals surface area (Å²) < 4.78 is 13.1. The van der Waals surface area contributed by atoms with E-state index in [-0.39, 0.29) is 11.7 Å². The molecule has 0 aromatic heterocycles. The number of amides is 1. The van der Waals surface area contributed by atoms with E-state index in [4.69, 9.17) is 11.6 Å². The fourth-order valence-corrected chi connectivity index (χ4v) is 1.78. The summed E-state index contributed by atoms with van der Waals surface area (Å²) in [6.45, 7) is 1.80. The number of benzene rings is 2. The third kappa shape index (κ3) is 3.93. The Kier molecular flexibility index (Phi) is 4.53. The minimum absolute atomic E-state index is 0.311. The maximum Gasteiger partial charge on any atom is 0.248 e. The number of anilines is 1. The molecular formula is C16H13ClFNO. The predicted octanol–water partition coefficient (Wildman–Crippen LogP) is 4.44. The van der Waals surface area contributed by atoms with Gasteiger partial charge in [0, 0.05) is 16.8 Å². The monoisotopic (exact) mass is 289 g/mol.